The van der Waals surface area contributed by atoms with Crippen LogP contribution in [-0.4, -0.2) is 9.97 Å². The molecule has 0 aliphatic heterocycles. The Morgan fingerprint density at radius 3 is 2.43 bits per heavy atom. The fourth-order valence-electron chi connectivity index (χ4n) is 2.00. The van der Waals surface area contributed by atoms with Gasteiger partial charge < -0.3 is 10.7 Å². The van der Waals surface area contributed by atoms with Gasteiger partial charge in [0.2, 0.25) is 0 Å². The highest BCUT2D eigenvalue weighted by atomic mass is 79.9. The van der Waals surface area contributed by atoms with Crippen molar-refractivity contribution in [2.45, 2.75) is 33.2 Å². The van der Waals surface area contributed by atoms with Crippen molar-refractivity contribution in [2.24, 2.45) is 5.84 Å². The minimum Gasteiger partial charge on any atom is -0.366 e. The number of anilines is 2. The van der Waals surface area contributed by atoms with Gasteiger partial charge in [-0.3, -0.25) is 0 Å². The Kier molecular flexibility index (Phi) is 5.52. The SMILES string of the molecule is CCCc1nc(NN)c(C)c(NCc2ccc(Br)cc2)n1. The molecule has 112 valence electrons. The van der Waals surface area contributed by atoms with E-state index >= 15 is 0 Å². The summed E-state index contributed by atoms with van der Waals surface area (Å²) in [5, 5.41) is 3.36. The summed E-state index contributed by atoms with van der Waals surface area (Å²) < 4.78 is 1.07. The number of hydrogen-bond donors (Lipinski definition) is 3. The Labute approximate surface area is 133 Å². The maximum Gasteiger partial charge on any atom is 0.148 e. The molecular weight excluding hydrogens is 330 g/mol. The lowest BCUT2D eigenvalue weighted by atomic mass is 10.2. The summed E-state index contributed by atoms with van der Waals surface area (Å²) in [6.45, 7) is 4.77. The molecule has 0 spiro atoms. The number of nitrogens with two attached hydrogens (primary N) is 1. The third-order valence-corrected chi connectivity index (χ3v) is 3.70. The summed E-state index contributed by atoms with van der Waals surface area (Å²) in [5.74, 6) is 7.83. The molecule has 6 heteroatoms. The first-order valence-electron chi connectivity index (χ1n) is 6.96. The number of aromatic nitrogens is 2. The van der Waals surface area contributed by atoms with Crippen LogP contribution < -0.4 is 16.6 Å². The third-order valence-electron chi connectivity index (χ3n) is 3.18. The van der Waals surface area contributed by atoms with Crippen LogP contribution >= 0.6 is 15.9 Å². The molecule has 0 unspecified atom stereocenters. The standard InChI is InChI=1S/C15H20BrN5/c1-3-4-13-19-14(10(2)15(20-13)21-17)18-9-11-5-7-12(16)8-6-11/h5-8H,3-4,9,17H2,1-2H3,(H2,18,19,20,21). The van der Waals surface area contributed by atoms with Crippen molar-refractivity contribution in [3.05, 3.63) is 45.7 Å². The molecule has 4 N–H and O–H groups in total. The fraction of sp³-hybridized carbons (Fsp3) is 0.333. The maximum atomic E-state index is 5.54. The van der Waals surface area contributed by atoms with Gasteiger partial charge in [-0.25, -0.2) is 15.8 Å². The minimum absolute atomic E-state index is 0.673. The van der Waals surface area contributed by atoms with Crippen LogP contribution in [-0.2, 0) is 13.0 Å². The Morgan fingerprint density at radius 1 is 1.14 bits per heavy atom. The van der Waals surface area contributed by atoms with Crippen molar-refractivity contribution in [3.63, 3.8) is 0 Å². The highest BCUT2D eigenvalue weighted by molar-refractivity contribution is 9.10. The summed E-state index contributed by atoms with van der Waals surface area (Å²) in [6.07, 6.45) is 1.83. The van der Waals surface area contributed by atoms with Gasteiger partial charge in [-0.05, 0) is 31.0 Å². The Hall–Kier alpha value is -1.66. The largest absolute Gasteiger partial charge is 0.366 e. The first-order chi connectivity index (χ1) is 10.1. The van der Waals surface area contributed by atoms with Gasteiger partial charge in [-0.1, -0.05) is 35.0 Å². The van der Waals surface area contributed by atoms with Crippen molar-refractivity contribution < 1.29 is 0 Å². The van der Waals surface area contributed by atoms with Crippen LogP contribution in [0, 0.1) is 6.92 Å². The van der Waals surface area contributed by atoms with Crippen LogP contribution in [0.4, 0.5) is 11.6 Å². The van der Waals surface area contributed by atoms with Crippen LogP contribution in [0.15, 0.2) is 28.7 Å². The van der Waals surface area contributed by atoms with Gasteiger partial charge in [0.15, 0.2) is 0 Å². The summed E-state index contributed by atoms with van der Waals surface area (Å²) in [7, 11) is 0. The molecule has 1 aromatic carbocycles. The van der Waals surface area contributed by atoms with Crippen LogP contribution in [0.2, 0.25) is 0 Å². The molecule has 1 heterocycles. The monoisotopic (exact) mass is 349 g/mol. The Balaban J connectivity index is 2.17. The fourth-order valence-corrected chi connectivity index (χ4v) is 2.26. The number of nitrogen functional groups attached to an aromatic ring is 1. The number of halogens is 1. The van der Waals surface area contributed by atoms with Crippen molar-refractivity contribution in [1.82, 2.24) is 9.97 Å². The van der Waals surface area contributed by atoms with E-state index in [-0.39, 0.29) is 0 Å². The topological polar surface area (TPSA) is 75.9 Å². The summed E-state index contributed by atoms with van der Waals surface area (Å²) in [5.41, 5.74) is 4.76. The molecule has 0 aliphatic carbocycles. The minimum atomic E-state index is 0.673. The zero-order chi connectivity index (χ0) is 15.2. The second-order valence-electron chi connectivity index (χ2n) is 4.84. The average molecular weight is 350 g/mol. The molecule has 0 saturated heterocycles. The molecule has 0 aliphatic rings. The number of nitrogens with one attached hydrogen (secondary N) is 2. The summed E-state index contributed by atoms with van der Waals surface area (Å²) >= 11 is 3.44. The van der Waals surface area contributed by atoms with E-state index < -0.39 is 0 Å². The molecule has 0 radical (unpaired) electrons. The summed E-state index contributed by atoms with van der Waals surface area (Å²) in [4.78, 5) is 8.99. The number of hydrogen-bond acceptors (Lipinski definition) is 5. The average Bonchev–Trinajstić information content (AvgIpc) is 2.49. The second-order valence-corrected chi connectivity index (χ2v) is 5.75. The Bertz CT molecular complexity index is 598. The second kappa shape index (κ2) is 7.38. The highest BCUT2D eigenvalue weighted by Crippen LogP contribution is 2.20. The van der Waals surface area contributed by atoms with E-state index in [0.29, 0.717) is 12.4 Å². The normalized spacial score (nSPS) is 10.5. The quantitative estimate of drug-likeness (QED) is 0.550. The molecule has 0 saturated carbocycles. The van der Waals surface area contributed by atoms with E-state index in [1.54, 1.807) is 0 Å². The molecule has 2 aromatic rings. The van der Waals surface area contributed by atoms with Crippen LogP contribution in [0.25, 0.3) is 0 Å². The van der Waals surface area contributed by atoms with Crippen molar-refractivity contribution >= 4 is 27.6 Å². The molecule has 0 fully saturated rings. The molecule has 2 rings (SSSR count). The van der Waals surface area contributed by atoms with E-state index in [1.165, 1.54) is 5.56 Å². The lowest BCUT2D eigenvalue weighted by molar-refractivity contribution is 0.830. The number of hydrazine groups is 1. The van der Waals surface area contributed by atoms with Crippen LogP contribution in [0.1, 0.15) is 30.3 Å². The number of aryl methyl sites for hydroxylation is 1. The van der Waals surface area contributed by atoms with E-state index in [4.69, 9.17) is 5.84 Å². The van der Waals surface area contributed by atoms with Gasteiger partial charge >= 0.3 is 0 Å². The van der Waals surface area contributed by atoms with Crippen molar-refractivity contribution in [3.8, 4) is 0 Å². The smallest absolute Gasteiger partial charge is 0.148 e. The van der Waals surface area contributed by atoms with Crippen molar-refractivity contribution in [1.29, 1.82) is 0 Å². The van der Waals surface area contributed by atoms with E-state index in [2.05, 4.69) is 55.7 Å². The van der Waals surface area contributed by atoms with E-state index in [9.17, 15) is 0 Å². The van der Waals surface area contributed by atoms with Crippen molar-refractivity contribution in [2.75, 3.05) is 10.7 Å². The van der Waals surface area contributed by atoms with Gasteiger partial charge in [0.25, 0.3) is 0 Å². The predicted molar refractivity (Wildman–Crippen MR) is 90.0 cm³/mol. The van der Waals surface area contributed by atoms with Crippen LogP contribution in [0.3, 0.4) is 0 Å². The third kappa shape index (κ3) is 4.15. The van der Waals surface area contributed by atoms with E-state index in [0.717, 1.165) is 34.5 Å². The number of nitrogens with zero attached hydrogens (tertiary/aromatic N) is 2. The van der Waals surface area contributed by atoms with Gasteiger partial charge in [0.05, 0.1) is 0 Å². The first kappa shape index (κ1) is 15.7. The Morgan fingerprint density at radius 2 is 1.81 bits per heavy atom. The number of benzene rings is 1. The maximum absolute atomic E-state index is 5.54. The van der Waals surface area contributed by atoms with Crippen LogP contribution in [0.5, 0.6) is 0 Å². The highest BCUT2D eigenvalue weighted by Gasteiger charge is 2.09. The van der Waals surface area contributed by atoms with Gasteiger partial charge in [-0.2, -0.15) is 0 Å². The lowest BCUT2D eigenvalue weighted by Gasteiger charge is -2.13. The summed E-state index contributed by atoms with van der Waals surface area (Å²) in [6, 6.07) is 8.20. The molecule has 1 aromatic heterocycles. The predicted octanol–water partition coefficient (Wildman–Crippen LogP) is 3.40. The van der Waals surface area contributed by atoms with Gasteiger partial charge in [-0.15, -0.1) is 0 Å². The van der Waals surface area contributed by atoms with Gasteiger partial charge in [0, 0.05) is 23.0 Å². The van der Waals surface area contributed by atoms with Gasteiger partial charge in [0.1, 0.15) is 17.5 Å². The zero-order valence-electron chi connectivity index (χ0n) is 12.3. The molecule has 0 amide bonds. The molecule has 0 bridgehead atoms. The molecule has 0 atom stereocenters. The first-order valence-corrected chi connectivity index (χ1v) is 7.75. The molecule has 21 heavy (non-hydrogen) atoms. The van der Waals surface area contributed by atoms with E-state index in [1.807, 2.05) is 19.1 Å². The zero-order valence-corrected chi connectivity index (χ0v) is 13.9. The number of rotatable bonds is 6. The molecule has 5 nitrogen and oxygen atoms in total. The molecular formula is C15H20BrN5. The lowest BCUT2D eigenvalue weighted by Crippen LogP contribution is -2.15.